The first-order valence-corrected chi connectivity index (χ1v) is 11.6. The molecule has 1 saturated heterocycles. The number of amides is 1. The fourth-order valence-electron chi connectivity index (χ4n) is 4.69. The predicted molar refractivity (Wildman–Crippen MR) is 125 cm³/mol. The molecule has 1 saturated carbocycles. The summed E-state index contributed by atoms with van der Waals surface area (Å²) in [7, 11) is 3.16. The van der Waals surface area contributed by atoms with E-state index in [-0.39, 0.29) is 17.2 Å². The van der Waals surface area contributed by atoms with E-state index in [2.05, 4.69) is 11.0 Å². The van der Waals surface area contributed by atoms with Crippen LogP contribution in [0.4, 0.5) is 0 Å². The minimum absolute atomic E-state index is 0.243. The molecule has 1 aliphatic carbocycles. The highest BCUT2D eigenvalue weighted by atomic mass is 16.2. The smallest absolute Gasteiger partial charge is 0.332 e. The Labute approximate surface area is 191 Å². The summed E-state index contributed by atoms with van der Waals surface area (Å²) in [6, 6.07) is 8.19. The molecule has 3 heterocycles. The van der Waals surface area contributed by atoms with Crippen molar-refractivity contribution in [1.29, 1.82) is 0 Å². The van der Waals surface area contributed by atoms with E-state index in [0.29, 0.717) is 43.3 Å². The van der Waals surface area contributed by atoms with E-state index in [0.717, 1.165) is 47.4 Å². The van der Waals surface area contributed by atoms with Crippen LogP contribution in [0.15, 0.2) is 33.9 Å². The van der Waals surface area contributed by atoms with Crippen molar-refractivity contribution in [1.82, 2.24) is 28.5 Å². The normalized spacial score (nSPS) is 17.1. The lowest BCUT2D eigenvalue weighted by Crippen LogP contribution is -2.49. The van der Waals surface area contributed by atoms with Gasteiger partial charge in [-0.3, -0.25) is 23.6 Å². The number of aromatic nitrogens is 4. The largest absolute Gasteiger partial charge is 0.340 e. The molecule has 2 fully saturated rings. The highest BCUT2D eigenvalue weighted by Crippen LogP contribution is 2.31. The summed E-state index contributed by atoms with van der Waals surface area (Å²) < 4.78 is 4.54. The molecule has 33 heavy (non-hydrogen) atoms. The number of hydrogen-bond acceptors (Lipinski definition) is 5. The molecule has 9 heteroatoms. The number of fused-ring (bicyclic) bond motifs is 1. The van der Waals surface area contributed by atoms with Crippen LogP contribution in [-0.2, 0) is 32.0 Å². The molecular formula is C24H30N6O3. The van der Waals surface area contributed by atoms with Gasteiger partial charge in [0, 0.05) is 52.7 Å². The van der Waals surface area contributed by atoms with Gasteiger partial charge in [-0.25, -0.2) is 9.78 Å². The molecule has 0 radical (unpaired) electrons. The molecule has 0 N–H and O–H groups in total. The van der Waals surface area contributed by atoms with Gasteiger partial charge in [0.1, 0.15) is 5.82 Å². The monoisotopic (exact) mass is 450 g/mol. The van der Waals surface area contributed by atoms with Crippen molar-refractivity contribution in [3.63, 3.8) is 0 Å². The Bertz CT molecular complexity index is 1340. The molecule has 2 aromatic heterocycles. The van der Waals surface area contributed by atoms with Gasteiger partial charge in [0.15, 0.2) is 11.2 Å². The Morgan fingerprint density at radius 1 is 1.03 bits per heavy atom. The average Bonchev–Trinajstić information content (AvgIpc) is 3.60. The molecule has 2 aliphatic rings. The number of aryl methyl sites for hydroxylation is 2. The second-order valence-corrected chi connectivity index (χ2v) is 9.36. The van der Waals surface area contributed by atoms with Crippen molar-refractivity contribution in [3.8, 4) is 0 Å². The second-order valence-electron chi connectivity index (χ2n) is 9.36. The van der Waals surface area contributed by atoms with Crippen LogP contribution >= 0.6 is 0 Å². The van der Waals surface area contributed by atoms with Crippen molar-refractivity contribution in [2.75, 3.05) is 26.2 Å². The molecule has 3 aromatic rings. The number of benzene rings is 1. The van der Waals surface area contributed by atoms with Crippen LogP contribution in [-0.4, -0.2) is 60.6 Å². The van der Waals surface area contributed by atoms with Gasteiger partial charge in [0.2, 0.25) is 5.91 Å². The van der Waals surface area contributed by atoms with Gasteiger partial charge in [0.25, 0.3) is 5.56 Å². The first-order chi connectivity index (χ1) is 15.8. The number of carbonyl (C=O) groups excluding carboxylic acids is 1. The van der Waals surface area contributed by atoms with Crippen LogP contribution in [0.1, 0.15) is 29.8 Å². The van der Waals surface area contributed by atoms with Crippen LogP contribution in [0.5, 0.6) is 0 Å². The third kappa shape index (κ3) is 4.01. The lowest BCUT2D eigenvalue weighted by molar-refractivity contribution is -0.134. The van der Waals surface area contributed by atoms with Gasteiger partial charge in [-0.15, -0.1) is 0 Å². The van der Waals surface area contributed by atoms with Crippen molar-refractivity contribution >= 4 is 17.1 Å². The highest BCUT2D eigenvalue weighted by molar-refractivity contribution is 5.81. The Morgan fingerprint density at radius 2 is 1.76 bits per heavy atom. The molecule has 1 amide bonds. The molecule has 1 aliphatic heterocycles. The Balaban J connectivity index is 1.49. The van der Waals surface area contributed by atoms with Gasteiger partial charge in [-0.05, 0) is 25.3 Å². The Morgan fingerprint density at radius 3 is 2.42 bits per heavy atom. The van der Waals surface area contributed by atoms with E-state index in [1.165, 1.54) is 11.6 Å². The highest BCUT2D eigenvalue weighted by Gasteiger charge is 2.34. The predicted octanol–water partition coefficient (Wildman–Crippen LogP) is 0.845. The zero-order chi connectivity index (χ0) is 23.3. The molecule has 1 aromatic carbocycles. The molecule has 0 bridgehead atoms. The molecule has 0 unspecified atom stereocenters. The standard InChI is InChI=1S/C24H30N6O3/c1-16-5-4-6-17(13-16)14-30-19(25-21-20(30)23(32)27(3)24(33)26(21)2)15-28-9-11-29(12-10-28)22(31)18-7-8-18/h4-6,13,18H,7-12,14-15H2,1-3H3. The van der Waals surface area contributed by atoms with E-state index in [9.17, 15) is 14.4 Å². The lowest BCUT2D eigenvalue weighted by atomic mass is 10.1. The van der Waals surface area contributed by atoms with Crippen LogP contribution < -0.4 is 11.2 Å². The van der Waals surface area contributed by atoms with Crippen molar-refractivity contribution < 1.29 is 4.79 Å². The number of rotatable bonds is 5. The van der Waals surface area contributed by atoms with E-state index < -0.39 is 0 Å². The fourth-order valence-corrected chi connectivity index (χ4v) is 4.69. The Hall–Kier alpha value is -3.20. The summed E-state index contributed by atoms with van der Waals surface area (Å²) >= 11 is 0. The number of piperazine rings is 1. The van der Waals surface area contributed by atoms with Crippen LogP contribution in [0, 0.1) is 12.8 Å². The van der Waals surface area contributed by atoms with E-state index >= 15 is 0 Å². The van der Waals surface area contributed by atoms with Crippen LogP contribution in [0.2, 0.25) is 0 Å². The average molecular weight is 451 g/mol. The Kier molecular flexibility index (Phi) is 5.44. The summed E-state index contributed by atoms with van der Waals surface area (Å²) in [5.74, 6) is 1.29. The SMILES string of the molecule is Cc1cccc(Cn2c(CN3CCN(C(=O)C4CC4)CC3)nc3c2c(=O)n(C)c(=O)n3C)c1. The van der Waals surface area contributed by atoms with E-state index in [1.807, 2.05) is 34.6 Å². The van der Waals surface area contributed by atoms with Gasteiger partial charge in [-0.1, -0.05) is 29.8 Å². The first kappa shape index (κ1) is 21.6. The molecular weight excluding hydrogens is 420 g/mol. The number of carbonyl (C=O) groups is 1. The van der Waals surface area contributed by atoms with Crippen molar-refractivity contribution in [2.45, 2.75) is 32.9 Å². The van der Waals surface area contributed by atoms with Crippen molar-refractivity contribution in [2.24, 2.45) is 20.0 Å². The zero-order valence-electron chi connectivity index (χ0n) is 19.5. The third-order valence-electron chi connectivity index (χ3n) is 6.83. The first-order valence-electron chi connectivity index (χ1n) is 11.6. The van der Waals surface area contributed by atoms with E-state index in [4.69, 9.17) is 4.98 Å². The second kappa shape index (κ2) is 8.30. The van der Waals surface area contributed by atoms with Crippen LogP contribution in [0.25, 0.3) is 11.2 Å². The maximum absolute atomic E-state index is 13.1. The number of nitrogens with zero attached hydrogens (tertiary/aromatic N) is 6. The fraction of sp³-hybridized carbons (Fsp3) is 0.500. The van der Waals surface area contributed by atoms with Gasteiger partial charge >= 0.3 is 5.69 Å². The van der Waals surface area contributed by atoms with E-state index in [1.54, 1.807) is 7.05 Å². The van der Waals surface area contributed by atoms with Gasteiger partial charge in [-0.2, -0.15) is 0 Å². The summed E-state index contributed by atoms with van der Waals surface area (Å²) in [5.41, 5.74) is 2.36. The molecule has 0 spiro atoms. The summed E-state index contributed by atoms with van der Waals surface area (Å²) in [6.45, 7) is 6.07. The number of imidazole rings is 1. The van der Waals surface area contributed by atoms with Crippen LogP contribution in [0.3, 0.4) is 0 Å². The van der Waals surface area contributed by atoms with Gasteiger partial charge in [0.05, 0.1) is 6.54 Å². The lowest BCUT2D eigenvalue weighted by Gasteiger charge is -2.34. The van der Waals surface area contributed by atoms with Crippen molar-refractivity contribution in [3.05, 3.63) is 62.1 Å². The molecule has 174 valence electrons. The summed E-state index contributed by atoms with van der Waals surface area (Å²) in [4.78, 5) is 47.0. The molecule has 9 nitrogen and oxygen atoms in total. The third-order valence-corrected chi connectivity index (χ3v) is 6.83. The minimum Gasteiger partial charge on any atom is -0.340 e. The topological polar surface area (TPSA) is 85.4 Å². The number of hydrogen-bond donors (Lipinski definition) is 0. The molecule has 5 rings (SSSR count). The maximum Gasteiger partial charge on any atom is 0.332 e. The summed E-state index contributed by atoms with van der Waals surface area (Å²) in [6.07, 6.45) is 2.05. The minimum atomic E-state index is -0.383. The maximum atomic E-state index is 13.1. The molecule has 0 atom stereocenters. The zero-order valence-corrected chi connectivity index (χ0v) is 19.5. The summed E-state index contributed by atoms with van der Waals surface area (Å²) in [5, 5.41) is 0. The quantitative estimate of drug-likeness (QED) is 0.575. The van der Waals surface area contributed by atoms with Gasteiger partial charge < -0.3 is 9.47 Å².